The summed E-state index contributed by atoms with van der Waals surface area (Å²) < 4.78 is 5.71. The van der Waals surface area contributed by atoms with Crippen molar-refractivity contribution in [3.8, 4) is 11.5 Å². The largest absolute Gasteiger partial charge is 0.435 e. The van der Waals surface area contributed by atoms with Crippen LogP contribution in [0.25, 0.3) is 22.6 Å². The maximum absolute atomic E-state index is 10.9. The molecule has 1 amide bonds. The summed E-state index contributed by atoms with van der Waals surface area (Å²) in [5, 5.41) is 6.54. The molecule has 8 heteroatoms. The molecule has 3 rings (SSSR count). The Morgan fingerprint density at radius 1 is 1.21 bits per heavy atom. The van der Waals surface area contributed by atoms with Gasteiger partial charge in [0.25, 0.3) is 0 Å². The van der Waals surface area contributed by atoms with E-state index in [2.05, 4.69) is 15.6 Å². The fraction of sp³-hybridized carbons (Fsp3) is 0.0625. The van der Waals surface area contributed by atoms with Crippen molar-refractivity contribution in [2.45, 2.75) is 6.92 Å². The third-order valence-corrected chi connectivity index (χ3v) is 3.79. The number of anilines is 1. The predicted octanol–water partition coefficient (Wildman–Crippen LogP) is 4.63. The van der Waals surface area contributed by atoms with Crippen molar-refractivity contribution < 1.29 is 9.21 Å². The first-order valence-electron chi connectivity index (χ1n) is 6.87. The Morgan fingerprint density at radius 3 is 2.58 bits per heavy atom. The van der Waals surface area contributed by atoms with Crippen LogP contribution in [0.15, 0.2) is 40.8 Å². The number of amides is 1. The highest BCUT2D eigenvalue weighted by Crippen LogP contribution is 2.32. The Bertz CT molecular complexity index is 938. The molecule has 0 saturated carbocycles. The molecule has 0 radical (unpaired) electrons. The molecule has 0 spiro atoms. The van der Waals surface area contributed by atoms with Crippen molar-refractivity contribution in [2.24, 2.45) is 0 Å². The number of carbonyl (C=O) groups excluding carboxylic acids is 1. The first-order valence-corrected chi connectivity index (χ1v) is 8.03. The van der Waals surface area contributed by atoms with E-state index >= 15 is 0 Å². The molecular formula is C16H11Cl2N3O2S. The van der Waals surface area contributed by atoms with E-state index in [1.54, 1.807) is 24.3 Å². The van der Waals surface area contributed by atoms with E-state index in [1.165, 1.54) is 6.92 Å². The lowest BCUT2D eigenvalue weighted by molar-refractivity contribution is -0.117. The van der Waals surface area contributed by atoms with E-state index in [-0.39, 0.29) is 11.0 Å². The molecule has 0 atom stereocenters. The first-order chi connectivity index (χ1) is 11.4. The number of oxazole rings is 1. The maximum Gasteiger partial charge on any atom is 0.227 e. The van der Waals surface area contributed by atoms with Gasteiger partial charge in [0.15, 0.2) is 10.7 Å². The number of carbonyl (C=O) groups is 1. The topological polar surface area (TPSA) is 67.2 Å². The lowest BCUT2D eigenvalue weighted by Gasteiger charge is -2.07. The van der Waals surface area contributed by atoms with Crippen molar-refractivity contribution in [1.29, 1.82) is 0 Å². The molecule has 0 bridgehead atoms. The summed E-state index contributed by atoms with van der Waals surface area (Å²) in [5.41, 5.74) is 2.59. The molecule has 1 heterocycles. The van der Waals surface area contributed by atoms with Crippen molar-refractivity contribution in [3.63, 3.8) is 0 Å². The Morgan fingerprint density at radius 2 is 1.92 bits per heavy atom. The van der Waals surface area contributed by atoms with Gasteiger partial charge in [-0.3, -0.25) is 4.79 Å². The maximum atomic E-state index is 10.9. The molecule has 0 aliphatic rings. The first kappa shape index (κ1) is 16.7. The second-order valence-corrected chi connectivity index (χ2v) is 6.22. The van der Waals surface area contributed by atoms with Crippen molar-refractivity contribution in [3.05, 3.63) is 46.4 Å². The molecule has 2 N–H and O–H groups in total. The van der Waals surface area contributed by atoms with Gasteiger partial charge in [-0.05, 0) is 48.6 Å². The zero-order valence-corrected chi connectivity index (χ0v) is 14.7. The number of nitrogens with one attached hydrogen (secondary N) is 2. The molecule has 2 aromatic carbocycles. The van der Waals surface area contributed by atoms with Gasteiger partial charge in [0.2, 0.25) is 11.8 Å². The normalized spacial score (nSPS) is 10.6. The van der Waals surface area contributed by atoms with Crippen LogP contribution in [0.4, 0.5) is 5.69 Å². The average molecular weight is 380 g/mol. The minimum Gasteiger partial charge on any atom is -0.435 e. The molecule has 0 fully saturated rings. The summed E-state index contributed by atoms with van der Waals surface area (Å²) in [5.74, 6) is 0.205. The summed E-state index contributed by atoms with van der Waals surface area (Å²) in [6, 6.07) is 10.5. The molecule has 1 aromatic heterocycles. The smallest absolute Gasteiger partial charge is 0.227 e. The molecule has 0 unspecified atom stereocenters. The third-order valence-electron chi connectivity index (χ3n) is 3.09. The van der Waals surface area contributed by atoms with Crippen LogP contribution in [0.3, 0.4) is 0 Å². The quantitative estimate of drug-likeness (QED) is 0.635. The van der Waals surface area contributed by atoms with Gasteiger partial charge in [-0.1, -0.05) is 23.2 Å². The van der Waals surface area contributed by atoms with E-state index < -0.39 is 0 Å². The van der Waals surface area contributed by atoms with Gasteiger partial charge < -0.3 is 15.1 Å². The van der Waals surface area contributed by atoms with Crippen LogP contribution in [0.5, 0.6) is 0 Å². The molecule has 24 heavy (non-hydrogen) atoms. The number of halogens is 2. The lowest BCUT2D eigenvalue weighted by atomic mass is 10.2. The number of hydrogen-bond acceptors (Lipinski definition) is 4. The SMILES string of the molecule is CC(=O)NC(=S)Nc1ccc(-c2nc3cc(Cl)cc(Cl)c3o2)cc1. The fourth-order valence-corrected chi connectivity index (χ4v) is 2.88. The minimum atomic E-state index is -0.230. The summed E-state index contributed by atoms with van der Waals surface area (Å²) in [6.45, 7) is 1.39. The van der Waals surface area contributed by atoms with E-state index in [0.29, 0.717) is 27.0 Å². The van der Waals surface area contributed by atoms with Crippen LogP contribution in [-0.2, 0) is 4.79 Å². The van der Waals surface area contributed by atoms with Crippen molar-refractivity contribution in [2.75, 3.05) is 5.32 Å². The molecule has 122 valence electrons. The average Bonchev–Trinajstić information content (AvgIpc) is 2.91. The Labute approximate surface area is 153 Å². The van der Waals surface area contributed by atoms with Crippen LogP contribution < -0.4 is 10.6 Å². The van der Waals surface area contributed by atoms with Gasteiger partial charge >= 0.3 is 0 Å². The molecule has 0 aliphatic carbocycles. The minimum absolute atomic E-state index is 0.230. The van der Waals surface area contributed by atoms with E-state index in [9.17, 15) is 4.79 Å². The van der Waals surface area contributed by atoms with Crippen molar-refractivity contribution in [1.82, 2.24) is 10.3 Å². The standard InChI is InChI=1S/C16H11Cl2N3O2S/c1-8(22)19-16(24)20-11-4-2-9(3-5-11)15-21-13-7-10(17)6-12(18)14(13)23-15/h2-7H,1H3,(H2,19,20,22,24). The van der Waals surface area contributed by atoms with E-state index in [1.807, 2.05) is 12.1 Å². The van der Waals surface area contributed by atoms with Crippen LogP contribution in [-0.4, -0.2) is 16.0 Å². The zero-order valence-electron chi connectivity index (χ0n) is 12.4. The highest BCUT2D eigenvalue weighted by Gasteiger charge is 2.12. The second kappa shape index (κ2) is 6.76. The Kier molecular flexibility index (Phi) is 4.71. The van der Waals surface area contributed by atoms with Gasteiger partial charge in [0.1, 0.15) is 5.52 Å². The number of fused-ring (bicyclic) bond motifs is 1. The van der Waals surface area contributed by atoms with Crippen LogP contribution in [0, 0.1) is 0 Å². The monoisotopic (exact) mass is 379 g/mol. The summed E-state index contributed by atoms with van der Waals surface area (Å²) in [4.78, 5) is 15.3. The van der Waals surface area contributed by atoms with Gasteiger partial charge in [0.05, 0.1) is 5.02 Å². The zero-order chi connectivity index (χ0) is 17.3. The van der Waals surface area contributed by atoms with Gasteiger partial charge in [-0.25, -0.2) is 4.98 Å². The second-order valence-electron chi connectivity index (χ2n) is 4.97. The summed E-state index contributed by atoms with van der Waals surface area (Å²) in [7, 11) is 0. The molecule has 0 aliphatic heterocycles. The Balaban J connectivity index is 1.84. The van der Waals surface area contributed by atoms with Crippen LogP contribution in [0.1, 0.15) is 6.92 Å². The third kappa shape index (κ3) is 3.67. The summed E-state index contributed by atoms with van der Waals surface area (Å²) in [6.07, 6.45) is 0. The van der Waals surface area contributed by atoms with Crippen molar-refractivity contribution >= 4 is 63.2 Å². The molecule has 5 nitrogen and oxygen atoms in total. The van der Waals surface area contributed by atoms with E-state index in [4.69, 9.17) is 39.8 Å². The number of aromatic nitrogens is 1. The highest BCUT2D eigenvalue weighted by molar-refractivity contribution is 7.80. The number of rotatable bonds is 2. The summed E-state index contributed by atoms with van der Waals surface area (Å²) >= 11 is 17.1. The van der Waals surface area contributed by atoms with Crippen LogP contribution in [0.2, 0.25) is 10.0 Å². The van der Waals surface area contributed by atoms with Gasteiger partial charge in [-0.2, -0.15) is 0 Å². The predicted molar refractivity (Wildman–Crippen MR) is 99.5 cm³/mol. The fourth-order valence-electron chi connectivity index (χ4n) is 2.10. The molecular weight excluding hydrogens is 369 g/mol. The Hall–Kier alpha value is -2.15. The number of hydrogen-bond donors (Lipinski definition) is 2. The molecule has 3 aromatic rings. The molecule has 0 saturated heterocycles. The van der Waals surface area contributed by atoms with Crippen LogP contribution >= 0.6 is 35.4 Å². The van der Waals surface area contributed by atoms with Gasteiger partial charge in [-0.15, -0.1) is 0 Å². The number of nitrogens with zero attached hydrogens (tertiary/aromatic N) is 1. The number of benzene rings is 2. The number of thiocarbonyl (C=S) groups is 1. The highest BCUT2D eigenvalue weighted by atomic mass is 35.5. The van der Waals surface area contributed by atoms with Gasteiger partial charge in [0, 0.05) is 23.2 Å². The van der Waals surface area contributed by atoms with E-state index in [0.717, 1.165) is 11.3 Å². The lowest BCUT2D eigenvalue weighted by Crippen LogP contribution is -2.32.